The van der Waals surface area contributed by atoms with E-state index in [1.807, 2.05) is 24.3 Å². The number of hydrogen-bond acceptors (Lipinski definition) is 2. The molecule has 0 bridgehead atoms. The molecule has 2 aromatic carbocycles. The predicted octanol–water partition coefficient (Wildman–Crippen LogP) is 2.73. The lowest BCUT2D eigenvalue weighted by molar-refractivity contribution is -0.139. The van der Waals surface area contributed by atoms with Gasteiger partial charge in [0.1, 0.15) is 11.9 Å². The molecule has 1 amide bonds. The van der Waals surface area contributed by atoms with Gasteiger partial charge >= 0.3 is 5.97 Å². The van der Waals surface area contributed by atoms with Gasteiger partial charge in [0.2, 0.25) is 0 Å². The Hall–Kier alpha value is -3.15. The molecule has 0 saturated heterocycles. The first kappa shape index (κ1) is 15.7. The second-order valence-electron chi connectivity index (χ2n) is 5.44. The van der Waals surface area contributed by atoms with Crippen LogP contribution in [0.4, 0.5) is 4.39 Å². The Bertz CT molecular complexity index is 904. The highest BCUT2D eigenvalue weighted by atomic mass is 19.1. The molecule has 122 valence electrons. The van der Waals surface area contributed by atoms with E-state index in [1.54, 1.807) is 6.20 Å². The maximum atomic E-state index is 13.2. The van der Waals surface area contributed by atoms with Gasteiger partial charge in [-0.2, -0.15) is 0 Å². The van der Waals surface area contributed by atoms with Crippen LogP contribution in [0.1, 0.15) is 15.9 Å². The van der Waals surface area contributed by atoms with Crippen LogP contribution in [-0.4, -0.2) is 28.0 Å². The van der Waals surface area contributed by atoms with Gasteiger partial charge in [0.05, 0.1) is 0 Å². The fraction of sp³-hybridized carbons (Fsp3) is 0.111. The molecule has 0 aliphatic rings. The third kappa shape index (κ3) is 3.27. The third-order valence-corrected chi connectivity index (χ3v) is 3.79. The highest BCUT2D eigenvalue weighted by Crippen LogP contribution is 2.19. The second-order valence-corrected chi connectivity index (χ2v) is 5.44. The maximum absolute atomic E-state index is 13.2. The van der Waals surface area contributed by atoms with E-state index in [4.69, 9.17) is 0 Å². The van der Waals surface area contributed by atoms with Gasteiger partial charge in [0.25, 0.3) is 5.91 Å². The molecule has 3 rings (SSSR count). The topological polar surface area (TPSA) is 82.2 Å². The van der Waals surface area contributed by atoms with Crippen molar-refractivity contribution in [2.45, 2.75) is 12.5 Å². The van der Waals surface area contributed by atoms with Gasteiger partial charge in [-0.15, -0.1) is 0 Å². The normalized spacial score (nSPS) is 12.0. The van der Waals surface area contributed by atoms with Crippen molar-refractivity contribution in [2.75, 3.05) is 0 Å². The Labute approximate surface area is 137 Å². The lowest BCUT2D eigenvalue weighted by Gasteiger charge is -2.14. The van der Waals surface area contributed by atoms with E-state index in [-0.39, 0.29) is 12.0 Å². The number of fused-ring (bicyclic) bond motifs is 1. The number of aromatic amines is 1. The Morgan fingerprint density at radius 2 is 1.96 bits per heavy atom. The minimum atomic E-state index is -1.15. The number of nitrogens with one attached hydrogen (secondary N) is 2. The maximum Gasteiger partial charge on any atom is 0.326 e. The van der Waals surface area contributed by atoms with Crippen LogP contribution in [0, 0.1) is 5.82 Å². The summed E-state index contributed by atoms with van der Waals surface area (Å²) >= 11 is 0. The molecular weight excluding hydrogens is 311 g/mol. The van der Waals surface area contributed by atoms with Crippen LogP contribution in [0.25, 0.3) is 10.9 Å². The first-order valence-corrected chi connectivity index (χ1v) is 7.39. The summed E-state index contributed by atoms with van der Waals surface area (Å²) in [6, 6.07) is 11.5. The number of halogens is 1. The molecule has 1 heterocycles. The third-order valence-electron chi connectivity index (χ3n) is 3.79. The molecular formula is C18H15FN2O3. The number of aromatic nitrogens is 1. The smallest absolute Gasteiger partial charge is 0.326 e. The highest BCUT2D eigenvalue weighted by Gasteiger charge is 2.22. The monoisotopic (exact) mass is 326 g/mol. The molecule has 0 unspecified atom stereocenters. The molecule has 0 fully saturated rings. The number of rotatable bonds is 5. The number of carbonyl (C=O) groups excluding carboxylic acids is 1. The molecule has 3 N–H and O–H groups in total. The fourth-order valence-electron chi connectivity index (χ4n) is 2.59. The molecule has 1 aromatic heterocycles. The fourth-order valence-corrected chi connectivity index (χ4v) is 2.59. The number of carbonyl (C=O) groups is 2. The van der Waals surface area contributed by atoms with Crippen LogP contribution in [0.3, 0.4) is 0 Å². The predicted molar refractivity (Wildman–Crippen MR) is 87.3 cm³/mol. The zero-order valence-corrected chi connectivity index (χ0v) is 12.6. The van der Waals surface area contributed by atoms with Crippen molar-refractivity contribution in [3.63, 3.8) is 0 Å². The number of carboxylic acid groups (broad SMARTS) is 1. The van der Waals surface area contributed by atoms with Gasteiger partial charge in [0, 0.05) is 29.1 Å². The van der Waals surface area contributed by atoms with Crippen molar-refractivity contribution >= 4 is 22.8 Å². The van der Waals surface area contributed by atoms with Crippen molar-refractivity contribution in [3.05, 3.63) is 71.7 Å². The van der Waals surface area contributed by atoms with Crippen LogP contribution < -0.4 is 5.32 Å². The van der Waals surface area contributed by atoms with Crippen molar-refractivity contribution < 1.29 is 19.1 Å². The number of para-hydroxylation sites is 1. The van der Waals surface area contributed by atoms with Crippen molar-refractivity contribution in [1.29, 1.82) is 0 Å². The van der Waals surface area contributed by atoms with E-state index in [2.05, 4.69) is 10.3 Å². The number of aliphatic carboxylic acids is 1. The summed E-state index contributed by atoms with van der Waals surface area (Å²) in [6.45, 7) is 0. The quantitative estimate of drug-likeness (QED) is 0.674. The SMILES string of the molecule is O=C(N[C@H](Cc1c[nH]c2ccccc12)C(=O)O)c1cccc(F)c1. The summed E-state index contributed by atoms with van der Waals surface area (Å²) in [5.74, 6) is -2.32. The van der Waals surface area contributed by atoms with Crippen LogP contribution >= 0.6 is 0 Å². The van der Waals surface area contributed by atoms with Gasteiger partial charge in [-0.3, -0.25) is 4.79 Å². The standard InChI is InChI=1S/C18H15FN2O3/c19-13-5-3-4-11(8-13)17(22)21-16(18(23)24)9-12-10-20-15-7-2-1-6-14(12)15/h1-8,10,16,20H,9H2,(H,21,22)(H,23,24)/t16-/m1/s1. The summed E-state index contributed by atoms with van der Waals surface area (Å²) in [4.78, 5) is 26.7. The molecule has 0 aliphatic carbocycles. The minimum absolute atomic E-state index is 0.0835. The molecule has 3 aromatic rings. The van der Waals surface area contributed by atoms with E-state index in [0.717, 1.165) is 22.5 Å². The summed E-state index contributed by atoms with van der Waals surface area (Å²) in [6.07, 6.45) is 1.86. The van der Waals surface area contributed by atoms with Crippen molar-refractivity contribution in [2.24, 2.45) is 0 Å². The van der Waals surface area contributed by atoms with Gasteiger partial charge in [0.15, 0.2) is 0 Å². The molecule has 24 heavy (non-hydrogen) atoms. The Balaban J connectivity index is 1.80. The van der Waals surface area contributed by atoms with Gasteiger partial charge in [-0.05, 0) is 29.8 Å². The van der Waals surface area contributed by atoms with Crippen LogP contribution in [0.2, 0.25) is 0 Å². The van der Waals surface area contributed by atoms with Gasteiger partial charge < -0.3 is 15.4 Å². The van der Waals surface area contributed by atoms with Crippen LogP contribution in [0.5, 0.6) is 0 Å². The minimum Gasteiger partial charge on any atom is -0.480 e. The molecule has 0 saturated carbocycles. The Morgan fingerprint density at radius 3 is 2.71 bits per heavy atom. The average Bonchev–Trinajstić information content (AvgIpc) is 2.97. The first-order chi connectivity index (χ1) is 11.5. The average molecular weight is 326 g/mol. The number of H-pyrrole nitrogens is 1. The van der Waals surface area contributed by atoms with Gasteiger partial charge in [-0.1, -0.05) is 24.3 Å². The summed E-state index contributed by atoms with van der Waals surface area (Å²) in [5, 5.41) is 12.7. The summed E-state index contributed by atoms with van der Waals surface area (Å²) < 4.78 is 13.2. The van der Waals surface area contributed by atoms with Crippen molar-refractivity contribution in [3.8, 4) is 0 Å². The first-order valence-electron chi connectivity index (χ1n) is 7.39. The number of hydrogen-bond donors (Lipinski definition) is 3. The van der Waals surface area contributed by atoms with Gasteiger partial charge in [-0.25, -0.2) is 9.18 Å². The molecule has 5 nitrogen and oxygen atoms in total. The lowest BCUT2D eigenvalue weighted by atomic mass is 10.0. The van der Waals surface area contributed by atoms with Crippen molar-refractivity contribution in [1.82, 2.24) is 10.3 Å². The van der Waals surface area contributed by atoms with E-state index in [0.29, 0.717) is 0 Å². The Kier molecular flexibility index (Phi) is 4.29. The number of amides is 1. The molecule has 0 radical (unpaired) electrons. The second kappa shape index (κ2) is 6.54. The molecule has 1 atom stereocenters. The summed E-state index contributed by atoms with van der Waals surface area (Å²) in [7, 11) is 0. The number of carboxylic acids is 1. The Morgan fingerprint density at radius 1 is 1.17 bits per heavy atom. The zero-order chi connectivity index (χ0) is 17.1. The molecule has 0 aliphatic heterocycles. The largest absolute Gasteiger partial charge is 0.480 e. The lowest BCUT2D eigenvalue weighted by Crippen LogP contribution is -2.42. The van der Waals surface area contributed by atoms with E-state index < -0.39 is 23.7 Å². The molecule has 0 spiro atoms. The van der Waals surface area contributed by atoms with Crippen LogP contribution in [-0.2, 0) is 11.2 Å². The molecule has 6 heteroatoms. The summed E-state index contributed by atoms with van der Waals surface area (Å²) in [5.41, 5.74) is 1.77. The highest BCUT2D eigenvalue weighted by molar-refractivity contribution is 5.96. The number of benzene rings is 2. The van der Waals surface area contributed by atoms with E-state index in [9.17, 15) is 19.1 Å². The van der Waals surface area contributed by atoms with E-state index in [1.165, 1.54) is 18.2 Å². The van der Waals surface area contributed by atoms with E-state index >= 15 is 0 Å². The van der Waals surface area contributed by atoms with Crippen LogP contribution in [0.15, 0.2) is 54.7 Å². The zero-order valence-electron chi connectivity index (χ0n) is 12.6.